The number of methoxy groups -OCH3 is 1. The molecular weight excluding hydrogens is 305 g/mol. The van der Waals surface area contributed by atoms with Gasteiger partial charge in [0.1, 0.15) is 0 Å². The van der Waals surface area contributed by atoms with Crippen LogP contribution in [0.5, 0.6) is 5.75 Å². The standard InChI is InChI=1S/C19H22FN3O/c1-24-18-10-16(7-8-17(18)20)23(12-14-5-3-2-4-6-14)13-15-9-19(21)22-11-15/h2-10,15,22H,11-13,21H2,1H3/t15-/m0/s1. The molecule has 2 aromatic carbocycles. The summed E-state index contributed by atoms with van der Waals surface area (Å²) >= 11 is 0. The number of nitrogens with one attached hydrogen (secondary N) is 1. The predicted octanol–water partition coefficient (Wildman–Crippen LogP) is 2.86. The summed E-state index contributed by atoms with van der Waals surface area (Å²) < 4.78 is 18.9. The van der Waals surface area contributed by atoms with Crippen LogP contribution in [0, 0.1) is 11.7 Å². The molecule has 0 spiro atoms. The molecule has 126 valence electrons. The lowest BCUT2D eigenvalue weighted by atomic mass is 10.1. The van der Waals surface area contributed by atoms with E-state index in [1.54, 1.807) is 12.1 Å². The first-order valence-corrected chi connectivity index (χ1v) is 7.99. The second-order valence-electron chi connectivity index (χ2n) is 5.95. The fraction of sp³-hybridized carbons (Fsp3) is 0.263. The molecule has 1 atom stereocenters. The molecule has 3 N–H and O–H groups in total. The van der Waals surface area contributed by atoms with Crippen molar-refractivity contribution in [1.29, 1.82) is 0 Å². The average molecular weight is 327 g/mol. The van der Waals surface area contributed by atoms with Crippen LogP contribution in [-0.2, 0) is 6.54 Å². The number of ether oxygens (including phenoxy) is 1. The number of hydrogen-bond donors (Lipinski definition) is 2. The maximum atomic E-state index is 13.7. The molecule has 1 heterocycles. The van der Waals surface area contributed by atoms with E-state index >= 15 is 0 Å². The van der Waals surface area contributed by atoms with Gasteiger partial charge in [-0.25, -0.2) is 4.39 Å². The quantitative estimate of drug-likeness (QED) is 0.857. The maximum Gasteiger partial charge on any atom is 0.165 e. The molecule has 4 nitrogen and oxygen atoms in total. The van der Waals surface area contributed by atoms with Crippen molar-refractivity contribution in [3.05, 3.63) is 71.8 Å². The Morgan fingerprint density at radius 2 is 2.04 bits per heavy atom. The van der Waals surface area contributed by atoms with E-state index in [-0.39, 0.29) is 11.6 Å². The predicted molar refractivity (Wildman–Crippen MR) is 94.2 cm³/mol. The molecule has 3 rings (SSSR count). The van der Waals surface area contributed by atoms with E-state index in [1.165, 1.54) is 18.7 Å². The Kier molecular flexibility index (Phi) is 4.89. The molecule has 24 heavy (non-hydrogen) atoms. The van der Waals surface area contributed by atoms with Crippen LogP contribution in [0.2, 0.25) is 0 Å². The maximum absolute atomic E-state index is 13.7. The lowest BCUT2D eigenvalue weighted by Crippen LogP contribution is -2.30. The van der Waals surface area contributed by atoms with Crippen LogP contribution in [-0.4, -0.2) is 20.2 Å². The Labute approximate surface area is 141 Å². The second kappa shape index (κ2) is 7.25. The second-order valence-corrected chi connectivity index (χ2v) is 5.95. The summed E-state index contributed by atoms with van der Waals surface area (Å²) in [7, 11) is 1.48. The minimum atomic E-state index is -0.354. The van der Waals surface area contributed by atoms with Gasteiger partial charge in [-0.15, -0.1) is 0 Å². The summed E-state index contributed by atoms with van der Waals surface area (Å²) in [4.78, 5) is 2.22. The first-order chi connectivity index (χ1) is 11.7. The van der Waals surface area contributed by atoms with Gasteiger partial charge in [-0.3, -0.25) is 0 Å². The van der Waals surface area contributed by atoms with Crippen LogP contribution in [0.25, 0.3) is 0 Å². The molecular formula is C19H22FN3O. The molecule has 0 saturated carbocycles. The normalized spacial score (nSPS) is 16.4. The number of rotatable bonds is 6. The fourth-order valence-electron chi connectivity index (χ4n) is 2.93. The first kappa shape index (κ1) is 16.2. The van der Waals surface area contributed by atoms with Gasteiger partial charge >= 0.3 is 0 Å². The van der Waals surface area contributed by atoms with Crippen molar-refractivity contribution >= 4 is 5.69 Å². The Morgan fingerprint density at radius 1 is 1.25 bits per heavy atom. The number of anilines is 1. The van der Waals surface area contributed by atoms with Gasteiger partial charge in [-0.1, -0.05) is 30.3 Å². The summed E-state index contributed by atoms with van der Waals surface area (Å²) in [6.45, 7) is 2.34. The largest absolute Gasteiger partial charge is 0.494 e. The van der Waals surface area contributed by atoms with Gasteiger partial charge in [0.25, 0.3) is 0 Å². The van der Waals surface area contributed by atoms with Crippen LogP contribution < -0.4 is 20.7 Å². The summed E-state index contributed by atoms with van der Waals surface area (Å²) in [6.07, 6.45) is 2.04. The van der Waals surface area contributed by atoms with Crippen LogP contribution >= 0.6 is 0 Å². The van der Waals surface area contributed by atoms with Gasteiger partial charge < -0.3 is 20.7 Å². The van der Waals surface area contributed by atoms with Gasteiger partial charge in [0.2, 0.25) is 0 Å². The van der Waals surface area contributed by atoms with Crippen molar-refractivity contribution < 1.29 is 9.13 Å². The number of benzene rings is 2. The molecule has 2 aromatic rings. The molecule has 0 amide bonds. The molecule has 0 bridgehead atoms. The minimum absolute atomic E-state index is 0.255. The van der Waals surface area contributed by atoms with Crippen molar-refractivity contribution in [2.24, 2.45) is 11.7 Å². The van der Waals surface area contributed by atoms with Crippen molar-refractivity contribution in [2.75, 3.05) is 25.1 Å². The summed E-state index contributed by atoms with van der Waals surface area (Å²) in [5.74, 6) is 0.929. The van der Waals surface area contributed by atoms with E-state index < -0.39 is 0 Å². The lowest BCUT2D eigenvalue weighted by Gasteiger charge is -2.27. The van der Waals surface area contributed by atoms with E-state index in [9.17, 15) is 4.39 Å². The average Bonchev–Trinajstić information content (AvgIpc) is 3.01. The Balaban J connectivity index is 1.86. The number of nitrogens with zero attached hydrogens (tertiary/aromatic N) is 1. The molecule has 0 saturated heterocycles. The molecule has 0 aliphatic carbocycles. The van der Waals surface area contributed by atoms with Gasteiger partial charge in [0.15, 0.2) is 11.6 Å². The van der Waals surface area contributed by atoms with Crippen molar-refractivity contribution in [1.82, 2.24) is 5.32 Å². The number of halogens is 1. The third-order valence-corrected chi connectivity index (χ3v) is 4.15. The zero-order valence-corrected chi connectivity index (χ0v) is 13.7. The lowest BCUT2D eigenvalue weighted by molar-refractivity contribution is 0.386. The highest BCUT2D eigenvalue weighted by Crippen LogP contribution is 2.27. The van der Waals surface area contributed by atoms with Gasteiger partial charge in [-0.2, -0.15) is 0 Å². The van der Waals surface area contributed by atoms with Gasteiger partial charge in [-0.05, 0) is 23.8 Å². The molecule has 0 unspecified atom stereocenters. The van der Waals surface area contributed by atoms with Crippen molar-refractivity contribution in [2.45, 2.75) is 6.54 Å². The summed E-state index contributed by atoms with van der Waals surface area (Å²) in [5.41, 5.74) is 7.94. The smallest absolute Gasteiger partial charge is 0.165 e. The fourth-order valence-corrected chi connectivity index (χ4v) is 2.93. The molecule has 0 radical (unpaired) electrons. The van der Waals surface area contributed by atoms with E-state index in [4.69, 9.17) is 10.5 Å². The number of nitrogens with two attached hydrogens (primary N) is 1. The molecule has 0 fully saturated rings. The van der Waals surface area contributed by atoms with E-state index in [0.717, 1.165) is 31.1 Å². The van der Waals surface area contributed by atoms with Crippen LogP contribution in [0.1, 0.15) is 5.56 Å². The zero-order valence-electron chi connectivity index (χ0n) is 13.7. The topological polar surface area (TPSA) is 50.5 Å². The third-order valence-electron chi connectivity index (χ3n) is 4.15. The van der Waals surface area contributed by atoms with Crippen LogP contribution in [0.15, 0.2) is 60.4 Å². The van der Waals surface area contributed by atoms with Crippen LogP contribution in [0.4, 0.5) is 10.1 Å². The highest BCUT2D eigenvalue weighted by molar-refractivity contribution is 5.52. The third kappa shape index (κ3) is 3.79. The van der Waals surface area contributed by atoms with Gasteiger partial charge in [0, 0.05) is 37.3 Å². The van der Waals surface area contributed by atoms with E-state index in [0.29, 0.717) is 5.92 Å². The first-order valence-electron chi connectivity index (χ1n) is 7.99. The summed E-state index contributed by atoms with van der Waals surface area (Å²) in [5, 5.41) is 3.15. The minimum Gasteiger partial charge on any atom is -0.494 e. The molecule has 5 heteroatoms. The van der Waals surface area contributed by atoms with E-state index in [1.807, 2.05) is 24.3 Å². The zero-order chi connectivity index (χ0) is 16.9. The SMILES string of the molecule is COc1cc(N(Cc2ccccc2)C[C@H]2C=C(N)NC2)ccc1F. The van der Waals surface area contributed by atoms with Gasteiger partial charge in [0.05, 0.1) is 12.9 Å². The van der Waals surface area contributed by atoms with E-state index in [2.05, 4.69) is 22.3 Å². The van der Waals surface area contributed by atoms with Crippen LogP contribution in [0.3, 0.4) is 0 Å². The molecule has 1 aliphatic rings. The van der Waals surface area contributed by atoms with Crippen molar-refractivity contribution in [3.63, 3.8) is 0 Å². The highest BCUT2D eigenvalue weighted by atomic mass is 19.1. The Hall–Kier alpha value is -2.69. The molecule has 1 aliphatic heterocycles. The number of hydrogen-bond acceptors (Lipinski definition) is 4. The Bertz CT molecular complexity index is 718. The monoisotopic (exact) mass is 327 g/mol. The van der Waals surface area contributed by atoms with Crippen molar-refractivity contribution in [3.8, 4) is 5.75 Å². The molecule has 0 aromatic heterocycles. The Morgan fingerprint density at radius 3 is 2.71 bits per heavy atom. The highest BCUT2D eigenvalue weighted by Gasteiger charge is 2.19. The summed E-state index contributed by atoms with van der Waals surface area (Å²) in [6, 6.07) is 15.2.